The van der Waals surface area contributed by atoms with E-state index in [0.29, 0.717) is 18.3 Å². The lowest BCUT2D eigenvalue weighted by atomic mass is 10.2. The summed E-state index contributed by atoms with van der Waals surface area (Å²) in [6.07, 6.45) is 6.91. The number of aromatic nitrogens is 2. The molecule has 0 unspecified atom stereocenters. The quantitative estimate of drug-likeness (QED) is 0.412. The Hall–Kier alpha value is -3.41. The fourth-order valence-corrected chi connectivity index (χ4v) is 2.80. The minimum Gasteiger partial charge on any atom is -0.497 e. The van der Waals surface area contributed by atoms with Crippen molar-refractivity contribution < 1.29 is 14.1 Å². The van der Waals surface area contributed by atoms with Gasteiger partial charge < -0.3 is 14.6 Å². The van der Waals surface area contributed by atoms with Gasteiger partial charge in [-0.2, -0.15) is 4.98 Å². The summed E-state index contributed by atoms with van der Waals surface area (Å²) >= 11 is 0. The molecule has 0 radical (unpaired) electrons. The minimum absolute atomic E-state index is 0.0742. The van der Waals surface area contributed by atoms with E-state index in [-0.39, 0.29) is 5.91 Å². The lowest BCUT2D eigenvalue weighted by Gasteiger charge is -2.01. The van der Waals surface area contributed by atoms with E-state index in [0.717, 1.165) is 42.6 Å². The average Bonchev–Trinajstić information content (AvgIpc) is 3.24. The van der Waals surface area contributed by atoms with Gasteiger partial charge >= 0.3 is 0 Å². The fourth-order valence-electron chi connectivity index (χ4n) is 2.80. The second kappa shape index (κ2) is 10.8. The van der Waals surface area contributed by atoms with E-state index in [4.69, 9.17) is 9.26 Å². The summed E-state index contributed by atoms with van der Waals surface area (Å²) in [5.41, 5.74) is 1.91. The number of carbonyl (C=O) groups excluding carboxylic acids is 1. The summed E-state index contributed by atoms with van der Waals surface area (Å²) in [6.45, 7) is 0.652. The van der Waals surface area contributed by atoms with E-state index >= 15 is 0 Å². The molecule has 1 aromatic heterocycles. The van der Waals surface area contributed by atoms with Crippen LogP contribution in [0.2, 0.25) is 0 Å². The van der Waals surface area contributed by atoms with Gasteiger partial charge in [0.15, 0.2) is 0 Å². The summed E-state index contributed by atoms with van der Waals surface area (Å²) in [6, 6.07) is 17.3. The molecule has 3 rings (SSSR count). The van der Waals surface area contributed by atoms with Gasteiger partial charge in [0.1, 0.15) is 5.75 Å². The van der Waals surface area contributed by atoms with E-state index in [2.05, 4.69) is 15.5 Å². The van der Waals surface area contributed by atoms with Gasteiger partial charge in [-0.25, -0.2) is 0 Å². The maximum atomic E-state index is 11.8. The van der Waals surface area contributed by atoms with Gasteiger partial charge in [0.25, 0.3) is 0 Å². The topological polar surface area (TPSA) is 77.3 Å². The number of hydrogen-bond donors (Lipinski definition) is 1. The molecule has 0 aliphatic carbocycles. The van der Waals surface area contributed by atoms with E-state index in [1.165, 1.54) is 0 Å². The third-order valence-electron chi connectivity index (χ3n) is 4.41. The van der Waals surface area contributed by atoms with Crippen molar-refractivity contribution in [3.05, 3.63) is 72.1 Å². The van der Waals surface area contributed by atoms with Crippen LogP contribution in [0.1, 0.15) is 30.7 Å². The highest BCUT2D eigenvalue weighted by molar-refractivity contribution is 5.91. The van der Waals surface area contributed by atoms with Crippen LogP contribution in [-0.4, -0.2) is 29.7 Å². The maximum absolute atomic E-state index is 11.8. The third kappa shape index (κ3) is 6.60. The Morgan fingerprint density at radius 3 is 2.62 bits per heavy atom. The van der Waals surface area contributed by atoms with E-state index < -0.39 is 0 Å². The Kier molecular flexibility index (Phi) is 7.57. The second-order valence-corrected chi connectivity index (χ2v) is 6.59. The molecule has 1 amide bonds. The summed E-state index contributed by atoms with van der Waals surface area (Å²) < 4.78 is 10.5. The van der Waals surface area contributed by atoms with Crippen LogP contribution in [0, 0.1) is 0 Å². The van der Waals surface area contributed by atoms with Crippen LogP contribution in [0.3, 0.4) is 0 Å². The predicted molar refractivity (Wildman–Crippen MR) is 112 cm³/mol. The highest BCUT2D eigenvalue weighted by Crippen LogP contribution is 2.20. The number of amides is 1. The van der Waals surface area contributed by atoms with Gasteiger partial charge in [0, 0.05) is 24.6 Å². The monoisotopic (exact) mass is 391 g/mol. The van der Waals surface area contributed by atoms with Crippen molar-refractivity contribution in [3.8, 4) is 17.1 Å². The molecule has 3 aromatic rings. The number of methoxy groups -OCH3 is 1. The van der Waals surface area contributed by atoms with Crippen molar-refractivity contribution in [1.82, 2.24) is 15.5 Å². The molecule has 6 heteroatoms. The Morgan fingerprint density at radius 1 is 1.07 bits per heavy atom. The normalized spacial score (nSPS) is 10.9. The second-order valence-electron chi connectivity index (χ2n) is 6.59. The zero-order valence-electron chi connectivity index (χ0n) is 16.5. The smallest absolute Gasteiger partial charge is 0.243 e. The number of nitrogens with zero attached hydrogens (tertiary/aromatic N) is 2. The van der Waals surface area contributed by atoms with Crippen molar-refractivity contribution in [1.29, 1.82) is 0 Å². The number of hydrogen-bond acceptors (Lipinski definition) is 5. The highest BCUT2D eigenvalue weighted by Gasteiger charge is 2.08. The average molecular weight is 391 g/mol. The van der Waals surface area contributed by atoms with Crippen LogP contribution >= 0.6 is 0 Å². The van der Waals surface area contributed by atoms with Crippen LogP contribution in [0.5, 0.6) is 5.75 Å². The molecule has 0 aliphatic rings. The standard InChI is InChI=1S/C23H25N3O3/c1-28-20-14-12-19(13-15-20)23-25-22(29-26-23)10-6-3-7-17-24-21(27)16-11-18-8-4-2-5-9-18/h2,4-5,8-9,11-16H,3,6-7,10,17H2,1H3,(H,24,27)/b16-11+. The molecule has 1 heterocycles. The lowest BCUT2D eigenvalue weighted by Crippen LogP contribution is -2.21. The fraction of sp³-hybridized carbons (Fsp3) is 0.261. The van der Waals surface area contributed by atoms with Crippen LogP contribution in [-0.2, 0) is 11.2 Å². The molecule has 0 fully saturated rings. The first-order chi connectivity index (χ1) is 14.2. The molecule has 0 bridgehead atoms. The minimum atomic E-state index is -0.0742. The van der Waals surface area contributed by atoms with Gasteiger partial charge in [-0.15, -0.1) is 0 Å². The highest BCUT2D eigenvalue weighted by atomic mass is 16.5. The molecule has 1 N–H and O–H groups in total. The summed E-state index contributed by atoms with van der Waals surface area (Å²) in [7, 11) is 1.63. The van der Waals surface area contributed by atoms with Gasteiger partial charge in [-0.05, 0) is 48.7 Å². The Balaban J connectivity index is 1.32. The van der Waals surface area contributed by atoms with Gasteiger partial charge in [-0.3, -0.25) is 4.79 Å². The van der Waals surface area contributed by atoms with Crippen molar-refractivity contribution in [3.63, 3.8) is 0 Å². The van der Waals surface area contributed by atoms with Crippen LogP contribution in [0.4, 0.5) is 0 Å². The van der Waals surface area contributed by atoms with Crippen molar-refractivity contribution in [2.24, 2.45) is 0 Å². The van der Waals surface area contributed by atoms with Crippen LogP contribution in [0.25, 0.3) is 17.5 Å². The summed E-state index contributed by atoms with van der Waals surface area (Å²) in [5, 5.41) is 6.93. The first-order valence-corrected chi connectivity index (χ1v) is 9.72. The number of rotatable bonds is 10. The van der Waals surface area contributed by atoms with E-state index in [9.17, 15) is 4.79 Å². The SMILES string of the molecule is COc1ccc(-c2noc(CCCCCNC(=O)/C=C/c3ccccc3)n2)cc1. The molecular weight excluding hydrogens is 366 g/mol. The summed E-state index contributed by atoms with van der Waals surface area (Å²) in [4.78, 5) is 16.2. The lowest BCUT2D eigenvalue weighted by molar-refractivity contribution is -0.116. The molecule has 29 heavy (non-hydrogen) atoms. The molecule has 0 atom stereocenters. The molecule has 6 nitrogen and oxygen atoms in total. The largest absolute Gasteiger partial charge is 0.497 e. The van der Waals surface area contributed by atoms with Crippen molar-refractivity contribution >= 4 is 12.0 Å². The number of aryl methyl sites for hydroxylation is 1. The van der Waals surface area contributed by atoms with Crippen LogP contribution in [0.15, 0.2) is 65.2 Å². The molecule has 0 aliphatic heterocycles. The number of nitrogens with one attached hydrogen (secondary N) is 1. The van der Waals surface area contributed by atoms with E-state index in [1.807, 2.05) is 60.7 Å². The molecule has 150 valence electrons. The Labute approximate surface area is 170 Å². The first kappa shape index (κ1) is 20.3. The third-order valence-corrected chi connectivity index (χ3v) is 4.41. The molecular formula is C23H25N3O3. The number of unbranched alkanes of at least 4 members (excludes halogenated alkanes) is 2. The maximum Gasteiger partial charge on any atom is 0.243 e. The Bertz CT molecular complexity index is 918. The number of benzene rings is 2. The molecule has 2 aromatic carbocycles. The molecule has 0 spiro atoms. The van der Waals surface area contributed by atoms with Gasteiger partial charge in [0.2, 0.25) is 17.6 Å². The van der Waals surface area contributed by atoms with Gasteiger partial charge in [-0.1, -0.05) is 41.9 Å². The van der Waals surface area contributed by atoms with Crippen LogP contribution < -0.4 is 10.1 Å². The molecule has 0 saturated carbocycles. The van der Waals surface area contributed by atoms with Crippen molar-refractivity contribution in [2.75, 3.05) is 13.7 Å². The predicted octanol–water partition coefficient (Wildman–Crippen LogP) is 4.29. The van der Waals surface area contributed by atoms with E-state index in [1.54, 1.807) is 13.2 Å². The van der Waals surface area contributed by atoms with Crippen molar-refractivity contribution in [2.45, 2.75) is 25.7 Å². The number of ether oxygens (including phenoxy) is 1. The summed E-state index contributed by atoms with van der Waals surface area (Å²) in [5.74, 6) is 1.93. The first-order valence-electron chi connectivity index (χ1n) is 9.72. The number of carbonyl (C=O) groups is 1. The molecule has 0 saturated heterocycles. The van der Waals surface area contributed by atoms with Gasteiger partial charge in [0.05, 0.1) is 7.11 Å². The Morgan fingerprint density at radius 2 is 1.86 bits per heavy atom. The zero-order valence-corrected chi connectivity index (χ0v) is 16.5. The zero-order chi connectivity index (χ0) is 20.3.